The number of methoxy groups -OCH3 is 1. The van der Waals surface area contributed by atoms with Gasteiger partial charge in [-0.3, -0.25) is 4.79 Å². The van der Waals surface area contributed by atoms with Crippen molar-refractivity contribution in [3.05, 3.63) is 0 Å². The first-order valence-electron chi connectivity index (χ1n) is 4.00. The summed E-state index contributed by atoms with van der Waals surface area (Å²) in [7, 11) is 3.49. The first-order valence-corrected chi connectivity index (χ1v) is 4.00. The highest BCUT2D eigenvalue weighted by Gasteiger charge is 2.23. The van der Waals surface area contributed by atoms with Crippen LogP contribution in [0.3, 0.4) is 0 Å². The molecule has 0 spiro atoms. The molecule has 0 radical (unpaired) electrons. The van der Waals surface area contributed by atoms with Crippen molar-refractivity contribution in [2.24, 2.45) is 5.92 Å². The summed E-state index contributed by atoms with van der Waals surface area (Å²) in [6, 6.07) is 0. The summed E-state index contributed by atoms with van der Waals surface area (Å²) in [5.74, 6) is 0.0512. The van der Waals surface area contributed by atoms with Crippen LogP contribution in [-0.4, -0.2) is 38.1 Å². The van der Waals surface area contributed by atoms with Gasteiger partial charge in [-0.05, 0) is 26.4 Å². The second-order valence-corrected chi connectivity index (χ2v) is 3.12. The fourth-order valence-electron chi connectivity index (χ4n) is 1.53. The van der Waals surface area contributed by atoms with Crippen LogP contribution in [0.4, 0.5) is 0 Å². The van der Waals surface area contributed by atoms with E-state index < -0.39 is 0 Å². The molecular weight excluding hydrogens is 142 g/mol. The Bertz CT molecular complexity index is 147. The van der Waals surface area contributed by atoms with E-state index in [0.29, 0.717) is 0 Å². The van der Waals surface area contributed by atoms with Crippen LogP contribution in [0.2, 0.25) is 0 Å². The lowest BCUT2D eigenvalue weighted by atomic mass is 9.99. The zero-order valence-electron chi connectivity index (χ0n) is 7.17. The Kier molecular flexibility index (Phi) is 2.88. The maximum atomic E-state index is 11.1. The topological polar surface area (TPSA) is 29.5 Å². The molecule has 0 saturated carbocycles. The zero-order valence-corrected chi connectivity index (χ0v) is 7.17. The number of rotatable bonds is 1. The molecule has 1 atom stereocenters. The SMILES string of the molecule is COC(=O)[C@@H]1CCCN(C)C1. The average molecular weight is 157 g/mol. The van der Waals surface area contributed by atoms with E-state index in [9.17, 15) is 4.79 Å². The monoisotopic (exact) mass is 157 g/mol. The smallest absolute Gasteiger partial charge is 0.309 e. The molecule has 0 bridgehead atoms. The first-order chi connectivity index (χ1) is 5.24. The summed E-state index contributed by atoms with van der Waals surface area (Å²) in [6.45, 7) is 1.96. The van der Waals surface area contributed by atoms with Crippen molar-refractivity contribution in [1.82, 2.24) is 4.90 Å². The highest BCUT2D eigenvalue weighted by atomic mass is 16.5. The lowest BCUT2D eigenvalue weighted by molar-refractivity contribution is -0.147. The number of likely N-dealkylation sites (tertiary alicyclic amines) is 1. The summed E-state index contributed by atoms with van der Waals surface area (Å²) in [5.41, 5.74) is 0. The fraction of sp³-hybridized carbons (Fsp3) is 0.875. The van der Waals surface area contributed by atoms with E-state index in [0.717, 1.165) is 25.9 Å². The Labute approximate surface area is 67.3 Å². The minimum atomic E-state index is -0.0587. The number of carbonyl (C=O) groups excluding carboxylic acids is 1. The maximum absolute atomic E-state index is 11.1. The number of nitrogens with zero attached hydrogens (tertiary/aromatic N) is 1. The second-order valence-electron chi connectivity index (χ2n) is 3.12. The molecule has 3 nitrogen and oxygen atoms in total. The van der Waals surface area contributed by atoms with Crippen molar-refractivity contribution < 1.29 is 9.53 Å². The zero-order chi connectivity index (χ0) is 8.27. The molecule has 0 aromatic heterocycles. The Balaban J connectivity index is 2.39. The van der Waals surface area contributed by atoms with Crippen LogP contribution >= 0.6 is 0 Å². The Morgan fingerprint density at radius 2 is 2.36 bits per heavy atom. The van der Waals surface area contributed by atoms with Gasteiger partial charge in [-0.15, -0.1) is 0 Å². The van der Waals surface area contributed by atoms with E-state index in [2.05, 4.69) is 9.64 Å². The largest absolute Gasteiger partial charge is 0.469 e. The van der Waals surface area contributed by atoms with Gasteiger partial charge in [0.05, 0.1) is 13.0 Å². The Morgan fingerprint density at radius 1 is 1.64 bits per heavy atom. The van der Waals surface area contributed by atoms with Gasteiger partial charge in [-0.25, -0.2) is 0 Å². The molecule has 1 fully saturated rings. The van der Waals surface area contributed by atoms with Crippen LogP contribution < -0.4 is 0 Å². The molecule has 1 rings (SSSR count). The minimum absolute atomic E-state index is 0.0587. The highest BCUT2D eigenvalue weighted by Crippen LogP contribution is 2.15. The van der Waals surface area contributed by atoms with Gasteiger partial charge < -0.3 is 9.64 Å². The van der Waals surface area contributed by atoms with Crippen LogP contribution in [0, 0.1) is 5.92 Å². The van der Waals surface area contributed by atoms with Crippen molar-refractivity contribution in [3.63, 3.8) is 0 Å². The number of ether oxygens (including phenoxy) is 1. The van der Waals surface area contributed by atoms with Crippen molar-refractivity contribution >= 4 is 5.97 Å². The summed E-state index contributed by atoms with van der Waals surface area (Å²) < 4.78 is 4.67. The van der Waals surface area contributed by atoms with E-state index in [-0.39, 0.29) is 11.9 Å². The van der Waals surface area contributed by atoms with Crippen LogP contribution in [0.15, 0.2) is 0 Å². The van der Waals surface area contributed by atoms with Gasteiger partial charge in [0.15, 0.2) is 0 Å². The molecule has 0 N–H and O–H groups in total. The summed E-state index contributed by atoms with van der Waals surface area (Å²) in [4.78, 5) is 13.2. The molecule has 0 aromatic rings. The number of hydrogen-bond donors (Lipinski definition) is 0. The molecule has 1 saturated heterocycles. The van der Waals surface area contributed by atoms with E-state index >= 15 is 0 Å². The van der Waals surface area contributed by atoms with E-state index in [1.165, 1.54) is 7.11 Å². The van der Waals surface area contributed by atoms with E-state index in [1.807, 2.05) is 7.05 Å². The van der Waals surface area contributed by atoms with E-state index in [4.69, 9.17) is 0 Å². The molecule has 3 heteroatoms. The van der Waals surface area contributed by atoms with Gasteiger partial charge in [0, 0.05) is 6.54 Å². The fourth-order valence-corrected chi connectivity index (χ4v) is 1.53. The number of carbonyl (C=O) groups is 1. The molecule has 1 aliphatic rings. The lowest BCUT2D eigenvalue weighted by Crippen LogP contribution is -2.36. The van der Waals surface area contributed by atoms with E-state index in [1.54, 1.807) is 0 Å². The number of piperidine rings is 1. The Hall–Kier alpha value is -0.570. The molecule has 0 unspecified atom stereocenters. The Morgan fingerprint density at radius 3 is 2.91 bits per heavy atom. The third kappa shape index (κ3) is 2.19. The lowest BCUT2D eigenvalue weighted by Gasteiger charge is -2.27. The molecule has 0 amide bonds. The standard InChI is InChI=1S/C8H15NO2/c1-9-5-3-4-7(6-9)8(10)11-2/h7H,3-6H2,1-2H3/t7-/m1/s1. The van der Waals surface area contributed by atoms with Gasteiger partial charge in [0.1, 0.15) is 0 Å². The van der Waals surface area contributed by atoms with Gasteiger partial charge in [0.2, 0.25) is 0 Å². The third-order valence-corrected chi connectivity index (χ3v) is 2.16. The molecule has 64 valence electrons. The highest BCUT2D eigenvalue weighted by molar-refractivity contribution is 5.72. The number of esters is 1. The normalized spacial score (nSPS) is 26.5. The van der Waals surface area contributed by atoms with Gasteiger partial charge in [0.25, 0.3) is 0 Å². The molecule has 0 aromatic carbocycles. The van der Waals surface area contributed by atoms with Crippen molar-refractivity contribution in [2.75, 3.05) is 27.2 Å². The van der Waals surface area contributed by atoms with Gasteiger partial charge in [-0.2, -0.15) is 0 Å². The molecule has 0 aliphatic carbocycles. The van der Waals surface area contributed by atoms with Gasteiger partial charge in [-0.1, -0.05) is 0 Å². The third-order valence-electron chi connectivity index (χ3n) is 2.16. The quantitative estimate of drug-likeness (QED) is 0.519. The number of hydrogen-bond acceptors (Lipinski definition) is 3. The molecule has 1 aliphatic heterocycles. The first kappa shape index (κ1) is 8.53. The van der Waals surface area contributed by atoms with Crippen LogP contribution in [0.25, 0.3) is 0 Å². The van der Waals surface area contributed by atoms with Crippen molar-refractivity contribution in [2.45, 2.75) is 12.8 Å². The van der Waals surface area contributed by atoms with Crippen LogP contribution in [-0.2, 0) is 9.53 Å². The minimum Gasteiger partial charge on any atom is -0.469 e. The van der Waals surface area contributed by atoms with Crippen LogP contribution in [0.1, 0.15) is 12.8 Å². The summed E-state index contributed by atoms with van der Waals surface area (Å²) >= 11 is 0. The average Bonchev–Trinajstić information content (AvgIpc) is 2.03. The van der Waals surface area contributed by atoms with Crippen molar-refractivity contribution in [1.29, 1.82) is 0 Å². The second kappa shape index (κ2) is 3.72. The summed E-state index contributed by atoms with van der Waals surface area (Å²) in [6.07, 6.45) is 2.09. The summed E-state index contributed by atoms with van der Waals surface area (Å²) in [5, 5.41) is 0. The van der Waals surface area contributed by atoms with Crippen molar-refractivity contribution in [3.8, 4) is 0 Å². The van der Waals surface area contributed by atoms with Crippen LogP contribution in [0.5, 0.6) is 0 Å². The molecular formula is C8H15NO2. The molecule has 11 heavy (non-hydrogen) atoms. The predicted molar refractivity (Wildman–Crippen MR) is 42.2 cm³/mol. The maximum Gasteiger partial charge on any atom is 0.309 e. The predicted octanol–water partition coefficient (Wildman–Crippen LogP) is 0.501. The molecule has 1 heterocycles. The van der Waals surface area contributed by atoms with Gasteiger partial charge >= 0.3 is 5.97 Å².